The van der Waals surface area contributed by atoms with Gasteiger partial charge in [0, 0.05) is 34.4 Å². The summed E-state index contributed by atoms with van der Waals surface area (Å²) in [6, 6.07) is 14.2. The van der Waals surface area contributed by atoms with Crippen LogP contribution in [0.4, 0.5) is 0 Å². The number of phenols is 1. The number of thiophene rings is 1. The minimum absolute atomic E-state index is 0.130. The van der Waals surface area contributed by atoms with E-state index in [1.54, 1.807) is 23.5 Å². The van der Waals surface area contributed by atoms with E-state index in [0.717, 1.165) is 17.5 Å². The maximum atomic E-state index is 10.6. The van der Waals surface area contributed by atoms with Gasteiger partial charge >= 0.3 is 0 Å². The summed E-state index contributed by atoms with van der Waals surface area (Å²) in [6.45, 7) is 3.74. The largest absolute Gasteiger partial charge is 0.508 e. The van der Waals surface area contributed by atoms with Crippen molar-refractivity contribution < 1.29 is 20.1 Å². The van der Waals surface area contributed by atoms with Crippen molar-refractivity contribution in [3.05, 3.63) is 70.6 Å². The first kappa shape index (κ1) is 19.2. The van der Waals surface area contributed by atoms with Crippen molar-refractivity contribution >= 4 is 27.5 Å². The summed E-state index contributed by atoms with van der Waals surface area (Å²) in [4.78, 5) is 1.23. The Morgan fingerprint density at radius 3 is 2.75 bits per heavy atom. The number of aliphatic hydroxyl groups is 2. The molecule has 3 atom stereocenters. The Morgan fingerprint density at radius 1 is 1.18 bits per heavy atom. The number of aromatic hydroxyl groups is 1. The molecule has 0 amide bonds. The lowest BCUT2D eigenvalue weighted by Crippen LogP contribution is -2.33. The molecule has 4 rings (SSSR count). The van der Waals surface area contributed by atoms with Crippen LogP contribution < -0.4 is 0 Å². The second-order valence-corrected chi connectivity index (χ2v) is 8.46. The molecule has 0 spiro atoms. The van der Waals surface area contributed by atoms with E-state index in [9.17, 15) is 15.3 Å². The minimum atomic E-state index is -0.555. The number of benzene rings is 2. The first-order chi connectivity index (χ1) is 13.6. The second-order valence-electron chi connectivity index (χ2n) is 7.30. The van der Waals surface area contributed by atoms with Gasteiger partial charge in [-0.25, -0.2) is 0 Å². The van der Waals surface area contributed by atoms with Gasteiger partial charge in [0.1, 0.15) is 5.75 Å². The van der Waals surface area contributed by atoms with Gasteiger partial charge in [0.05, 0.1) is 24.9 Å². The van der Waals surface area contributed by atoms with Crippen LogP contribution in [0, 0.1) is 0 Å². The molecule has 0 unspecified atom stereocenters. The molecule has 3 N–H and O–H groups in total. The van der Waals surface area contributed by atoms with E-state index in [1.165, 1.54) is 15.0 Å². The number of rotatable bonds is 5. The molecule has 2 aromatic carbocycles. The molecule has 5 heteroatoms. The monoisotopic (exact) mass is 396 g/mol. The van der Waals surface area contributed by atoms with Gasteiger partial charge in [0.25, 0.3) is 0 Å². The summed E-state index contributed by atoms with van der Waals surface area (Å²) < 4.78 is 7.16. The van der Waals surface area contributed by atoms with Crippen LogP contribution in [0.1, 0.15) is 40.5 Å². The number of ether oxygens (including phenoxy) is 1. The van der Waals surface area contributed by atoms with Crippen LogP contribution in [0.2, 0.25) is 0 Å². The lowest BCUT2D eigenvalue weighted by molar-refractivity contribution is -0.114. The highest BCUT2D eigenvalue weighted by atomic mass is 32.1. The van der Waals surface area contributed by atoms with E-state index in [4.69, 9.17) is 4.74 Å². The number of phenolic OH excluding ortho intramolecular Hbond substituents is 1. The van der Waals surface area contributed by atoms with Crippen molar-refractivity contribution in [3.63, 3.8) is 0 Å². The first-order valence-electron chi connectivity index (χ1n) is 9.47. The number of aliphatic hydroxyl groups excluding tert-OH is 2. The molecule has 2 heterocycles. The molecule has 1 aliphatic heterocycles. The number of fused-ring (bicyclic) bond motifs is 1. The fraction of sp³-hybridized carbons (Fsp3) is 0.304. The van der Waals surface area contributed by atoms with Gasteiger partial charge in [-0.2, -0.15) is 0 Å². The summed E-state index contributed by atoms with van der Waals surface area (Å²) >= 11 is 1.76. The molecular formula is C23H24O4S. The summed E-state index contributed by atoms with van der Waals surface area (Å²) in [5.74, 6) is 0.130. The summed E-state index contributed by atoms with van der Waals surface area (Å²) in [5.41, 5.74) is 2.59. The van der Waals surface area contributed by atoms with Crippen LogP contribution in [0.5, 0.6) is 5.75 Å². The second kappa shape index (κ2) is 8.05. The van der Waals surface area contributed by atoms with E-state index in [2.05, 4.69) is 24.8 Å². The van der Waals surface area contributed by atoms with E-state index in [0.29, 0.717) is 18.4 Å². The van der Waals surface area contributed by atoms with Gasteiger partial charge in [0.2, 0.25) is 0 Å². The predicted molar refractivity (Wildman–Crippen MR) is 113 cm³/mol. The standard InChI is InChI=1S/C23H24O4S/c1-2-14-10-21(26)20(22-12-17(25)11-18(13-24)27-22)9-16(14)8-19-7-15-5-3-4-6-23(15)28-19/h2-7,9-10,17-18,22,24-26H,1,8,11-13H2/t17-,18-,22+/m0/s1. The smallest absolute Gasteiger partial charge is 0.122 e. The van der Waals surface area contributed by atoms with Crippen LogP contribution in [0.25, 0.3) is 16.2 Å². The lowest BCUT2D eigenvalue weighted by Gasteiger charge is -2.33. The molecule has 4 nitrogen and oxygen atoms in total. The molecule has 1 aromatic heterocycles. The fourth-order valence-corrected chi connectivity index (χ4v) is 4.98. The normalized spacial score (nSPS) is 22.4. The van der Waals surface area contributed by atoms with Gasteiger partial charge in [-0.3, -0.25) is 0 Å². The zero-order valence-corrected chi connectivity index (χ0v) is 16.4. The van der Waals surface area contributed by atoms with Gasteiger partial charge < -0.3 is 20.1 Å². The lowest BCUT2D eigenvalue weighted by atomic mass is 9.92. The Balaban J connectivity index is 1.68. The Labute approximate surface area is 168 Å². The fourth-order valence-electron chi connectivity index (χ4n) is 3.89. The Kier molecular flexibility index (Phi) is 5.51. The maximum Gasteiger partial charge on any atom is 0.122 e. The maximum absolute atomic E-state index is 10.6. The Hall–Kier alpha value is -2.18. The molecule has 28 heavy (non-hydrogen) atoms. The third-order valence-electron chi connectivity index (χ3n) is 5.28. The molecule has 3 aromatic rings. The number of hydrogen-bond acceptors (Lipinski definition) is 5. The SMILES string of the molecule is C=Cc1cc(O)c([C@H]2C[C@@H](O)C[C@@H](CO)O2)cc1Cc1cc2ccccc2s1. The molecule has 1 aliphatic rings. The summed E-state index contributed by atoms with van der Waals surface area (Å²) in [6.07, 6.45) is 1.87. The van der Waals surface area contributed by atoms with Crippen molar-refractivity contribution in [1.29, 1.82) is 0 Å². The van der Waals surface area contributed by atoms with Crippen molar-refractivity contribution in [2.45, 2.75) is 37.6 Å². The molecule has 1 saturated heterocycles. The highest BCUT2D eigenvalue weighted by molar-refractivity contribution is 7.19. The van der Waals surface area contributed by atoms with Crippen molar-refractivity contribution in [2.24, 2.45) is 0 Å². The molecule has 0 saturated carbocycles. The summed E-state index contributed by atoms with van der Waals surface area (Å²) in [5, 5.41) is 31.3. The zero-order chi connectivity index (χ0) is 19.7. The Bertz CT molecular complexity index is 960. The van der Waals surface area contributed by atoms with Gasteiger partial charge in [-0.1, -0.05) is 30.9 Å². The highest BCUT2D eigenvalue weighted by Crippen LogP contribution is 2.38. The van der Waals surface area contributed by atoms with Crippen molar-refractivity contribution in [1.82, 2.24) is 0 Å². The van der Waals surface area contributed by atoms with Crippen LogP contribution in [-0.2, 0) is 11.2 Å². The molecular weight excluding hydrogens is 372 g/mol. The molecule has 0 bridgehead atoms. The average molecular weight is 397 g/mol. The van der Waals surface area contributed by atoms with Gasteiger partial charge in [-0.05, 0) is 40.8 Å². The topological polar surface area (TPSA) is 69.9 Å². The van der Waals surface area contributed by atoms with E-state index in [1.807, 2.05) is 18.2 Å². The summed E-state index contributed by atoms with van der Waals surface area (Å²) in [7, 11) is 0. The zero-order valence-electron chi connectivity index (χ0n) is 15.5. The van der Waals surface area contributed by atoms with Gasteiger partial charge in [0.15, 0.2) is 0 Å². The van der Waals surface area contributed by atoms with E-state index in [-0.39, 0.29) is 12.4 Å². The van der Waals surface area contributed by atoms with E-state index >= 15 is 0 Å². The first-order valence-corrected chi connectivity index (χ1v) is 10.3. The van der Waals surface area contributed by atoms with Crippen LogP contribution in [0.3, 0.4) is 0 Å². The van der Waals surface area contributed by atoms with Gasteiger partial charge in [-0.15, -0.1) is 11.3 Å². The molecule has 1 fully saturated rings. The molecule has 0 radical (unpaired) electrons. The minimum Gasteiger partial charge on any atom is -0.508 e. The highest BCUT2D eigenvalue weighted by Gasteiger charge is 2.31. The van der Waals surface area contributed by atoms with Crippen LogP contribution in [0.15, 0.2) is 49.0 Å². The predicted octanol–water partition coefficient (Wildman–Crippen LogP) is 4.41. The van der Waals surface area contributed by atoms with E-state index < -0.39 is 18.3 Å². The quantitative estimate of drug-likeness (QED) is 0.597. The average Bonchev–Trinajstić information content (AvgIpc) is 3.10. The Morgan fingerprint density at radius 2 is 2.00 bits per heavy atom. The third kappa shape index (κ3) is 3.84. The molecule has 146 valence electrons. The third-order valence-corrected chi connectivity index (χ3v) is 6.39. The van der Waals surface area contributed by atoms with Crippen LogP contribution in [-0.4, -0.2) is 34.1 Å². The molecule has 0 aliphatic carbocycles. The van der Waals surface area contributed by atoms with Crippen molar-refractivity contribution in [3.8, 4) is 5.75 Å². The van der Waals surface area contributed by atoms with Crippen LogP contribution >= 0.6 is 11.3 Å². The number of hydrogen-bond donors (Lipinski definition) is 3. The van der Waals surface area contributed by atoms with Crippen molar-refractivity contribution in [2.75, 3.05) is 6.61 Å².